The van der Waals surface area contributed by atoms with Crippen molar-refractivity contribution in [1.82, 2.24) is 5.32 Å². The molecule has 1 N–H and O–H groups in total. The van der Waals surface area contributed by atoms with Crippen LogP contribution < -0.4 is 10.1 Å². The van der Waals surface area contributed by atoms with Gasteiger partial charge in [0.15, 0.2) is 6.10 Å². The minimum absolute atomic E-state index is 0.223. The highest BCUT2D eigenvalue weighted by Crippen LogP contribution is 2.14. The van der Waals surface area contributed by atoms with Gasteiger partial charge in [0, 0.05) is 13.7 Å². The van der Waals surface area contributed by atoms with Crippen molar-refractivity contribution in [3.8, 4) is 5.75 Å². The molecule has 1 atom stereocenters. The molecule has 0 aliphatic rings. The molecule has 1 aromatic carbocycles. The van der Waals surface area contributed by atoms with Gasteiger partial charge in [0.2, 0.25) is 0 Å². The number of carbonyl (C=O) groups excluding carboxylic acids is 2. The number of benzene rings is 1. The molecule has 0 aromatic heterocycles. The van der Waals surface area contributed by atoms with Crippen LogP contribution in [0.1, 0.15) is 17.3 Å². The van der Waals surface area contributed by atoms with Crippen molar-refractivity contribution in [2.75, 3.05) is 27.4 Å². The summed E-state index contributed by atoms with van der Waals surface area (Å²) in [6.07, 6.45) is -0.629. The van der Waals surface area contributed by atoms with E-state index in [1.807, 2.05) is 0 Å². The van der Waals surface area contributed by atoms with Crippen molar-refractivity contribution in [3.05, 3.63) is 29.8 Å². The van der Waals surface area contributed by atoms with Crippen LogP contribution in [-0.4, -0.2) is 45.4 Å². The zero-order valence-corrected chi connectivity index (χ0v) is 11.8. The second-order valence-electron chi connectivity index (χ2n) is 4.06. The quantitative estimate of drug-likeness (QED) is 0.596. The van der Waals surface area contributed by atoms with Crippen molar-refractivity contribution in [1.29, 1.82) is 0 Å². The normalized spacial score (nSPS) is 11.6. The molecule has 1 amide bonds. The van der Waals surface area contributed by atoms with E-state index >= 15 is 0 Å². The molecular weight excluding hydrogens is 262 g/mol. The Bertz CT molecular complexity index is 443. The fraction of sp³-hybridized carbons (Fsp3) is 0.429. The highest BCUT2D eigenvalue weighted by Gasteiger charge is 2.14. The number of hydrogen-bond acceptors (Lipinski definition) is 5. The number of ether oxygens (including phenoxy) is 3. The molecule has 0 aliphatic heterocycles. The Kier molecular flexibility index (Phi) is 6.52. The van der Waals surface area contributed by atoms with Crippen molar-refractivity contribution >= 4 is 11.9 Å². The lowest BCUT2D eigenvalue weighted by Crippen LogP contribution is -2.37. The zero-order valence-electron chi connectivity index (χ0n) is 11.8. The summed E-state index contributed by atoms with van der Waals surface area (Å²) in [4.78, 5) is 22.9. The molecule has 1 rings (SSSR count). The maximum atomic E-state index is 11.7. The fourth-order valence-corrected chi connectivity index (χ4v) is 1.47. The van der Waals surface area contributed by atoms with E-state index in [9.17, 15) is 9.59 Å². The summed E-state index contributed by atoms with van der Waals surface area (Å²) in [5.41, 5.74) is 0.428. The van der Waals surface area contributed by atoms with Crippen molar-refractivity contribution in [2.24, 2.45) is 0 Å². The van der Waals surface area contributed by atoms with E-state index in [0.29, 0.717) is 24.5 Å². The van der Waals surface area contributed by atoms with E-state index in [2.05, 4.69) is 10.1 Å². The molecule has 20 heavy (non-hydrogen) atoms. The van der Waals surface area contributed by atoms with E-state index in [0.717, 1.165) is 0 Å². The molecule has 0 bridgehead atoms. The molecule has 0 spiro atoms. The summed E-state index contributed by atoms with van der Waals surface area (Å²) in [6, 6.07) is 6.39. The first-order valence-corrected chi connectivity index (χ1v) is 6.20. The highest BCUT2D eigenvalue weighted by atomic mass is 16.5. The van der Waals surface area contributed by atoms with Crippen LogP contribution in [0, 0.1) is 0 Å². The molecule has 1 aromatic rings. The van der Waals surface area contributed by atoms with Crippen LogP contribution in [0.2, 0.25) is 0 Å². The van der Waals surface area contributed by atoms with E-state index in [4.69, 9.17) is 9.47 Å². The number of esters is 1. The number of amides is 1. The number of nitrogens with one attached hydrogen (secondary N) is 1. The molecule has 0 radical (unpaired) electrons. The molecule has 110 valence electrons. The van der Waals surface area contributed by atoms with Crippen LogP contribution in [0.4, 0.5) is 0 Å². The largest absolute Gasteiger partial charge is 0.481 e. The van der Waals surface area contributed by atoms with Gasteiger partial charge in [-0.2, -0.15) is 0 Å². The van der Waals surface area contributed by atoms with Crippen LogP contribution in [0.15, 0.2) is 24.3 Å². The van der Waals surface area contributed by atoms with E-state index in [1.165, 1.54) is 7.11 Å². The summed E-state index contributed by atoms with van der Waals surface area (Å²) in [7, 11) is 2.88. The molecule has 0 saturated heterocycles. The predicted octanol–water partition coefficient (Wildman–Crippen LogP) is 1.00. The van der Waals surface area contributed by atoms with Gasteiger partial charge in [0.1, 0.15) is 5.75 Å². The van der Waals surface area contributed by atoms with Crippen LogP contribution in [0.5, 0.6) is 5.75 Å². The maximum absolute atomic E-state index is 11.7. The Hall–Kier alpha value is -2.08. The lowest BCUT2D eigenvalue weighted by atomic mass is 10.2. The molecule has 6 nitrogen and oxygen atoms in total. The van der Waals surface area contributed by atoms with Crippen molar-refractivity contribution in [3.63, 3.8) is 0 Å². The summed E-state index contributed by atoms with van der Waals surface area (Å²) in [6.45, 7) is 2.53. The second kappa shape index (κ2) is 8.16. The maximum Gasteiger partial charge on any atom is 0.337 e. The molecular formula is C14H19NO5. The molecule has 0 heterocycles. The summed E-state index contributed by atoms with van der Waals surface area (Å²) >= 11 is 0. The lowest BCUT2D eigenvalue weighted by molar-refractivity contribution is -0.127. The average molecular weight is 281 g/mol. The van der Waals surface area contributed by atoms with E-state index in [1.54, 1.807) is 38.3 Å². The Morgan fingerprint density at radius 2 is 1.85 bits per heavy atom. The SMILES string of the molecule is COCCNC(=O)C(C)Oc1ccc(C(=O)OC)cc1. The smallest absolute Gasteiger partial charge is 0.337 e. The zero-order chi connectivity index (χ0) is 15.0. The molecule has 6 heteroatoms. The van der Waals surface area contributed by atoms with Crippen LogP contribution in [0.3, 0.4) is 0 Å². The predicted molar refractivity (Wildman–Crippen MR) is 72.8 cm³/mol. The van der Waals surface area contributed by atoms with Gasteiger partial charge in [-0.15, -0.1) is 0 Å². The third kappa shape index (κ3) is 4.89. The van der Waals surface area contributed by atoms with Gasteiger partial charge in [0.05, 0.1) is 19.3 Å². The monoisotopic (exact) mass is 281 g/mol. The third-order valence-corrected chi connectivity index (χ3v) is 2.56. The molecule has 0 aliphatic carbocycles. The topological polar surface area (TPSA) is 73.9 Å². The van der Waals surface area contributed by atoms with Gasteiger partial charge < -0.3 is 19.5 Å². The minimum atomic E-state index is -0.629. The first kappa shape index (κ1) is 16.0. The summed E-state index contributed by atoms with van der Waals surface area (Å²) in [5.74, 6) is -0.131. The van der Waals surface area contributed by atoms with Crippen LogP contribution >= 0.6 is 0 Å². The summed E-state index contributed by atoms with van der Waals surface area (Å²) in [5, 5.41) is 2.68. The van der Waals surface area contributed by atoms with Gasteiger partial charge >= 0.3 is 5.97 Å². The first-order valence-electron chi connectivity index (χ1n) is 6.20. The van der Waals surface area contributed by atoms with Gasteiger partial charge in [0.25, 0.3) is 5.91 Å². The van der Waals surface area contributed by atoms with Crippen LogP contribution in [-0.2, 0) is 14.3 Å². The van der Waals surface area contributed by atoms with Gasteiger partial charge in [-0.3, -0.25) is 4.79 Å². The first-order chi connectivity index (χ1) is 9.58. The fourth-order valence-electron chi connectivity index (χ4n) is 1.47. The van der Waals surface area contributed by atoms with Gasteiger partial charge in [-0.05, 0) is 31.2 Å². The number of hydrogen-bond donors (Lipinski definition) is 1. The number of rotatable bonds is 7. The van der Waals surface area contributed by atoms with E-state index < -0.39 is 12.1 Å². The van der Waals surface area contributed by atoms with Crippen LogP contribution in [0.25, 0.3) is 0 Å². The molecule has 0 saturated carbocycles. The highest BCUT2D eigenvalue weighted by molar-refractivity contribution is 5.89. The van der Waals surface area contributed by atoms with E-state index in [-0.39, 0.29) is 5.91 Å². The number of methoxy groups -OCH3 is 2. The Morgan fingerprint density at radius 1 is 1.20 bits per heavy atom. The summed E-state index contributed by atoms with van der Waals surface area (Å²) < 4.78 is 14.9. The minimum Gasteiger partial charge on any atom is -0.481 e. The standard InChI is InChI=1S/C14H19NO5/c1-10(13(16)15-8-9-18-2)20-12-6-4-11(5-7-12)14(17)19-3/h4-7,10H,8-9H2,1-3H3,(H,15,16). The van der Waals surface area contributed by atoms with Crippen molar-refractivity contribution in [2.45, 2.75) is 13.0 Å². The third-order valence-electron chi connectivity index (χ3n) is 2.56. The Balaban J connectivity index is 2.51. The molecule has 0 fully saturated rings. The Morgan fingerprint density at radius 3 is 2.40 bits per heavy atom. The van der Waals surface area contributed by atoms with Gasteiger partial charge in [-0.25, -0.2) is 4.79 Å². The lowest BCUT2D eigenvalue weighted by Gasteiger charge is -2.14. The Labute approximate surface area is 118 Å². The number of carbonyl (C=O) groups is 2. The average Bonchev–Trinajstić information content (AvgIpc) is 2.47. The van der Waals surface area contributed by atoms with Gasteiger partial charge in [-0.1, -0.05) is 0 Å². The molecule has 1 unspecified atom stereocenters. The second-order valence-corrected chi connectivity index (χ2v) is 4.06. The van der Waals surface area contributed by atoms with Crippen molar-refractivity contribution < 1.29 is 23.8 Å².